The number of amides is 4. The van der Waals surface area contributed by atoms with Crippen LogP contribution in [0.1, 0.15) is 37.7 Å². The van der Waals surface area contributed by atoms with Crippen LogP contribution in [-0.4, -0.2) is 34.8 Å². The maximum absolute atomic E-state index is 12.5. The van der Waals surface area contributed by atoms with Crippen molar-refractivity contribution in [1.29, 1.82) is 0 Å². The number of urea groups is 1. The van der Waals surface area contributed by atoms with E-state index in [9.17, 15) is 14.4 Å². The normalized spacial score (nSPS) is 19.0. The number of anilines is 1. The van der Waals surface area contributed by atoms with Gasteiger partial charge >= 0.3 is 6.03 Å². The van der Waals surface area contributed by atoms with Crippen LogP contribution in [0, 0.1) is 6.92 Å². The van der Waals surface area contributed by atoms with Crippen molar-refractivity contribution in [3.63, 3.8) is 0 Å². The number of carbonyl (C=O) groups is 3. The lowest BCUT2D eigenvalue weighted by molar-refractivity contribution is -0.131. The minimum absolute atomic E-state index is 0.0668. The molecule has 1 heterocycles. The quantitative estimate of drug-likeness (QED) is 0.820. The number of halogens is 1. The first-order valence-electron chi connectivity index (χ1n) is 8.11. The first-order chi connectivity index (χ1) is 11.4. The molecule has 7 heteroatoms. The van der Waals surface area contributed by atoms with Crippen LogP contribution in [0.2, 0.25) is 5.02 Å². The summed E-state index contributed by atoms with van der Waals surface area (Å²) in [6, 6.07) is 4.80. The number of nitrogens with one attached hydrogen (secondary N) is 2. The van der Waals surface area contributed by atoms with Crippen LogP contribution in [0.25, 0.3) is 0 Å². The third-order valence-electron chi connectivity index (χ3n) is 4.73. The highest BCUT2D eigenvalue weighted by atomic mass is 35.5. The summed E-state index contributed by atoms with van der Waals surface area (Å²) in [5.41, 5.74) is 0.810. The van der Waals surface area contributed by atoms with E-state index < -0.39 is 11.6 Å². The van der Waals surface area contributed by atoms with Gasteiger partial charge in [0.2, 0.25) is 5.91 Å². The van der Waals surface area contributed by atoms with Gasteiger partial charge in [-0.15, -0.1) is 0 Å². The number of carbonyl (C=O) groups excluding carboxylic acids is 3. The van der Waals surface area contributed by atoms with Crippen molar-refractivity contribution < 1.29 is 14.4 Å². The molecule has 1 spiro atoms. The van der Waals surface area contributed by atoms with E-state index in [1.807, 2.05) is 6.92 Å². The van der Waals surface area contributed by atoms with Crippen LogP contribution in [0.5, 0.6) is 0 Å². The number of nitrogens with zero attached hydrogens (tertiary/aromatic N) is 1. The van der Waals surface area contributed by atoms with Gasteiger partial charge in [-0.2, -0.15) is 0 Å². The zero-order valence-corrected chi connectivity index (χ0v) is 14.3. The molecule has 0 aromatic heterocycles. The lowest BCUT2D eigenvalue weighted by atomic mass is 9.98. The first-order valence-corrected chi connectivity index (χ1v) is 8.49. The molecule has 2 fully saturated rings. The maximum atomic E-state index is 12.5. The fourth-order valence-corrected chi connectivity index (χ4v) is 3.62. The van der Waals surface area contributed by atoms with Crippen LogP contribution < -0.4 is 10.6 Å². The lowest BCUT2D eigenvalue weighted by Gasteiger charge is -2.20. The Morgan fingerprint density at radius 3 is 2.71 bits per heavy atom. The lowest BCUT2D eigenvalue weighted by Crippen LogP contribution is -2.44. The van der Waals surface area contributed by atoms with Gasteiger partial charge in [0.1, 0.15) is 5.54 Å². The van der Waals surface area contributed by atoms with Crippen molar-refractivity contribution in [2.24, 2.45) is 0 Å². The average Bonchev–Trinajstić information content (AvgIpc) is 3.07. The maximum Gasteiger partial charge on any atom is 0.325 e. The molecule has 2 N–H and O–H groups in total. The van der Waals surface area contributed by atoms with E-state index in [0.29, 0.717) is 23.6 Å². The molecule has 24 heavy (non-hydrogen) atoms. The molecule has 4 amide bonds. The molecule has 0 unspecified atom stereocenters. The molecule has 1 saturated heterocycles. The molecule has 0 bridgehead atoms. The Morgan fingerprint density at radius 2 is 2.04 bits per heavy atom. The van der Waals surface area contributed by atoms with Crippen molar-refractivity contribution in [3.05, 3.63) is 28.8 Å². The molecule has 1 aliphatic heterocycles. The van der Waals surface area contributed by atoms with Gasteiger partial charge < -0.3 is 10.6 Å². The molecule has 2 aliphatic rings. The minimum Gasteiger partial charge on any atom is -0.326 e. The molecule has 0 radical (unpaired) electrons. The van der Waals surface area contributed by atoms with E-state index in [2.05, 4.69) is 10.6 Å². The van der Waals surface area contributed by atoms with Crippen molar-refractivity contribution in [2.45, 2.75) is 44.6 Å². The summed E-state index contributed by atoms with van der Waals surface area (Å²) in [7, 11) is 0. The SMILES string of the molecule is Cc1cc(Cl)ccc1NC(=O)CCN1C(=O)NC2(CCCC2)C1=O. The second-order valence-corrected chi connectivity index (χ2v) is 6.87. The Labute approximate surface area is 145 Å². The predicted octanol–water partition coefficient (Wildman–Crippen LogP) is 2.84. The molecule has 1 saturated carbocycles. The van der Waals surface area contributed by atoms with Crippen LogP contribution in [-0.2, 0) is 9.59 Å². The van der Waals surface area contributed by atoms with Gasteiger partial charge in [0, 0.05) is 23.7 Å². The standard InChI is InChI=1S/C17H20ClN3O3/c1-11-10-12(18)4-5-13(11)19-14(22)6-9-21-15(23)17(20-16(21)24)7-2-3-8-17/h4-5,10H,2-3,6-9H2,1H3,(H,19,22)(H,20,24). The van der Waals surface area contributed by atoms with E-state index in [0.717, 1.165) is 18.4 Å². The average molecular weight is 350 g/mol. The number of rotatable bonds is 4. The van der Waals surface area contributed by atoms with Crippen LogP contribution in [0.3, 0.4) is 0 Å². The van der Waals surface area contributed by atoms with E-state index in [1.165, 1.54) is 4.90 Å². The van der Waals surface area contributed by atoms with E-state index in [1.54, 1.807) is 18.2 Å². The van der Waals surface area contributed by atoms with Crippen LogP contribution in [0.4, 0.5) is 10.5 Å². The van der Waals surface area contributed by atoms with Gasteiger partial charge in [0.25, 0.3) is 5.91 Å². The molecular formula is C17H20ClN3O3. The van der Waals surface area contributed by atoms with Gasteiger partial charge in [0.15, 0.2) is 0 Å². The summed E-state index contributed by atoms with van der Waals surface area (Å²) in [5.74, 6) is -0.436. The predicted molar refractivity (Wildman–Crippen MR) is 90.9 cm³/mol. The summed E-state index contributed by atoms with van der Waals surface area (Å²) in [6.07, 6.45) is 3.32. The van der Waals surface area contributed by atoms with Crippen molar-refractivity contribution in [3.8, 4) is 0 Å². The van der Waals surface area contributed by atoms with E-state index in [-0.39, 0.29) is 24.8 Å². The fourth-order valence-electron chi connectivity index (χ4n) is 3.39. The molecule has 6 nitrogen and oxygen atoms in total. The van der Waals surface area contributed by atoms with Crippen LogP contribution in [0.15, 0.2) is 18.2 Å². The number of hydrogen-bond donors (Lipinski definition) is 2. The first kappa shape index (κ1) is 16.8. The molecule has 1 aliphatic carbocycles. The number of benzene rings is 1. The summed E-state index contributed by atoms with van der Waals surface area (Å²) >= 11 is 5.89. The highest BCUT2D eigenvalue weighted by Crippen LogP contribution is 2.35. The van der Waals surface area contributed by atoms with Crippen molar-refractivity contribution in [1.82, 2.24) is 10.2 Å². The summed E-state index contributed by atoms with van der Waals surface area (Å²) in [5, 5.41) is 6.20. The highest BCUT2D eigenvalue weighted by molar-refractivity contribution is 6.30. The third kappa shape index (κ3) is 3.11. The van der Waals surface area contributed by atoms with E-state index >= 15 is 0 Å². The largest absolute Gasteiger partial charge is 0.326 e. The molecule has 1 aromatic rings. The smallest absolute Gasteiger partial charge is 0.325 e. The molecule has 3 rings (SSSR count). The second kappa shape index (κ2) is 6.43. The molecule has 1 aromatic carbocycles. The zero-order chi connectivity index (χ0) is 17.3. The Bertz CT molecular complexity index is 698. The topological polar surface area (TPSA) is 78.5 Å². The van der Waals surface area contributed by atoms with Gasteiger partial charge in [-0.25, -0.2) is 4.79 Å². The summed E-state index contributed by atoms with van der Waals surface area (Å²) in [4.78, 5) is 37.8. The fraction of sp³-hybridized carbons (Fsp3) is 0.471. The zero-order valence-electron chi connectivity index (χ0n) is 13.5. The number of aryl methyl sites for hydroxylation is 1. The Morgan fingerprint density at radius 1 is 1.33 bits per heavy atom. The Kier molecular flexibility index (Phi) is 4.49. The van der Waals surface area contributed by atoms with Gasteiger partial charge in [0.05, 0.1) is 0 Å². The van der Waals surface area contributed by atoms with Crippen molar-refractivity contribution in [2.75, 3.05) is 11.9 Å². The molecule has 0 atom stereocenters. The summed E-state index contributed by atoms with van der Waals surface area (Å²) in [6.45, 7) is 1.94. The van der Waals surface area contributed by atoms with Gasteiger partial charge in [-0.05, 0) is 43.5 Å². The molecule has 128 valence electrons. The minimum atomic E-state index is -0.722. The highest BCUT2D eigenvalue weighted by Gasteiger charge is 2.52. The summed E-state index contributed by atoms with van der Waals surface area (Å²) < 4.78 is 0. The number of hydrogen-bond acceptors (Lipinski definition) is 3. The van der Waals surface area contributed by atoms with Gasteiger partial charge in [-0.1, -0.05) is 24.4 Å². The van der Waals surface area contributed by atoms with Crippen molar-refractivity contribution >= 4 is 35.1 Å². The number of imide groups is 1. The second-order valence-electron chi connectivity index (χ2n) is 6.43. The molecular weight excluding hydrogens is 330 g/mol. The third-order valence-corrected chi connectivity index (χ3v) is 4.96. The Hall–Kier alpha value is -2.08. The monoisotopic (exact) mass is 349 g/mol. The van der Waals surface area contributed by atoms with E-state index in [4.69, 9.17) is 11.6 Å². The van der Waals surface area contributed by atoms with Gasteiger partial charge in [-0.3, -0.25) is 14.5 Å². The van der Waals surface area contributed by atoms with Crippen LogP contribution >= 0.6 is 11.6 Å². The Balaban J connectivity index is 1.58.